The van der Waals surface area contributed by atoms with E-state index in [2.05, 4.69) is 21.2 Å². The monoisotopic (exact) mass is 453 g/mol. The van der Waals surface area contributed by atoms with Crippen LogP contribution in [0, 0.1) is 29.2 Å². The molecule has 31 heavy (non-hydrogen) atoms. The average molecular weight is 453 g/mol. The second-order valence-corrected chi connectivity index (χ2v) is 7.66. The summed E-state index contributed by atoms with van der Waals surface area (Å²) in [4.78, 5) is 30.8. The average Bonchev–Trinajstić information content (AvgIpc) is 3.20. The van der Waals surface area contributed by atoms with E-state index < -0.39 is 47.2 Å². The highest BCUT2D eigenvalue weighted by Gasteiger charge is 2.42. The van der Waals surface area contributed by atoms with Crippen LogP contribution in [-0.2, 0) is 9.59 Å². The van der Waals surface area contributed by atoms with Crippen molar-refractivity contribution in [2.75, 3.05) is 22.5 Å². The van der Waals surface area contributed by atoms with Gasteiger partial charge in [0.05, 0.1) is 23.0 Å². The summed E-state index contributed by atoms with van der Waals surface area (Å²) in [5, 5.41) is 2.39. The second kappa shape index (κ2) is 8.65. The lowest BCUT2D eigenvalue weighted by Gasteiger charge is -2.32. The summed E-state index contributed by atoms with van der Waals surface area (Å²) in [6, 6.07) is 5.71. The van der Waals surface area contributed by atoms with Gasteiger partial charge in [0.1, 0.15) is 17.8 Å². The van der Waals surface area contributed by atoms with E-state index in [1.807, 2.05) is 0 Å². The number of aliphatic imine (C=N–C) groups is 1. The Kier molecular flexibility index (Phi) is 5.94. The minimum absolute atomic E-state index is 0.0606. The molecule has 0 saturated carbocycles. The van der Waals surface area contributed by atoms with Crippen LogP contribution >= 0.6 is 11.8 Å². The molecule has 2 aliphatic rings. The van der Waals surface area contributed by atoms with Gasteiger partial charge in [-0.2, -0.15) is 0 Å². The molecular formula is C19H15F4N5O2S. The topological polar surface area (TPSA) is 85.8 Å². The predicted octanol–water partition coefficient (Wildman–Crippen LogP) is 2.37. The summed E-state index contributed by atoms with van der Waals surface area (Å²) < 4.78 is 53.9. The Bertz CT molecular complexity index is 1080. The molecule has 2 aliphatic heterocycles. The van der Waals surface area contributed by atoms with Crippen molar-refractivity contribution in [2.24, 2.45) is 10.9 Å². The van der Waals surface area contributed by atoms with Crippen LogP contribution in [-0.4, -0.2) is 35.4 Å². The summed E-state index contributed by atoms with van der Waals surface area (Å²) >= 11 is 0.862. The van der Waals surface area contributed by atoms with Gasteiger partial charge in [-0.15, -0.1) is 0 Å². The lowest BCUT2D eigenvalue weighted by Crippen LogP contribution is -2.49. The number of carbonyl (C=O) groups excluding carboxylic acids is 2. The van der Waals surface area contributed by atoms with Crippen molar-refractivity contribution in [2.45, 2.75) is 6.17 Å². The zero-order valence-corrected chi connectivity index (χ0v) is 16.5. The number of nitrogens with one attached hydrogen (secondary N) is 3. The molecule has 2 atom stereocenters. The number of fused-ring (bicyclic) bond motifs is 1. The van der Waals surface area contributed by atoms with Crippen LogP contribution in [0.2, 0.25) is 0 Å². The number of hydrogen-bond donors (Lipinski definition) is 3. The zero-order valence-electron chi connectivity index (χ0n) is 15.7. The maximum atomic E-state index is 13.8. The molecule has 0 aliphatic carbocycles. The number of hydrogen-bond acceptors (Lipinski definition) is 6. The number of nitrogens with zero attached hydrogens (tertiary/aromatic N) is 2. The van der Waals surface area contributed by atoms with Crippen LogP contribution in [0.1, 0.15) is 0 Å². The van der Waals surface area contributed by atoms with Crippen molar-refractivity contribution in [3.63, 3.8) is 0 Å². The third-order valence-corrected chi connectivity index (χ3v) is 5.58. The standard InChI is InChI=1S/C19H15F4N5O2S/c20-9-1-4-15(14(23)5-9)25-16(29)8-31-19-26-17-11(7-24-27-17)18(30)28(19)10-2-3-12(21)13(22)6-10/h1-6,11,17,24,27H,7-8H2,(H,25,29). The fourth-order valence-corrected chi connectivity index (χ4v) is 3.98. The maximum Gasteiger partial charge on any atom is 0.241 e. The van der Waals surface area contributed by atoms with Gasteiger partial charge in [-0.1, -0.05) is 11.8 Å². The zero-order chi connectivity index (χ0) is 22.1. The van der Waals surface area contributed by atoms with E-state index in [1.165, 1.54) is 6.07 Å². The van der Waals surface area contributed by atoms with Crippen LogP contribution in [0.25, 0.3) is 0 Å². The van der Waals surface area contributed by atoms with Crippen LogP contribution < -0.4 is 21.1 Å². The first-order chi connectivity index (χ1) is 14.8. The molecule has 1 fully saturated rings. The molecule has 2 heterocycles. The third-order valence-electron chi connectivity index (χ3n) is 4.63. The Balaban J connectivity index is 1.54. The Hall–Kier alpha value is -2.96. The van der Waals surface area contributed by atoms with Gasteiger partial charge in [0.15, 0.2) is 16.8 Å². The molecule has 162 valence electrons. The number of amidine groups is 1. The lowest BCUT2D eigenvalue weighted by molar-refractivity contribution is -0.121. The molecule has 4 rings (SSSR count). The molecule has 1 saturated heterocycles. The van der Waals surface area contributed by atoms with Crippen LogP contribution in [0.4, 0.5) is 28.9 Å². The van der Waals surface area contributed by atoms with Crippen LogP contribution in [0.3, 0.4) is 0 Å². The Morgan fingerprint density at radius 3 is 2.68 bits per heavy atom. The number of amides is 2. The number of anilines is 2. The van der Waals surface area contributed by atoms with Gasteiger partial charge in [-0.3, -0.25) is 19.9 Å². The fourth-order valence-electron chi connectivity index (χ4n) is 3.14. The Morgan fingerprint density at radius 1 is 1.13 bits per heavy atom. The number of benzene rings is 2. The van der Waals surface area contributed by atoms with Gasteiger partial charge < -0.3 is 5.32 Å². The Morgan fingerprint density at radius 2 is 1.94 bits per heavy atom. The van der Waals surface area contributed by atoms with E-state index in [4.69, 9.17) is 0 Å². The molecule has 0 spiro atoms. The van der Waals surface area contributed by atoms with E-state index in [0.29, 0.717) is 6.07 Å². The molecule has 0 radical (unpaired) electrons. The maximum absolute atomic E-state index is 13.8. The van der Waals surface area contributed by atoms with Gasteiger partial charge in [0.2, 0.25) is 11.8 Å². The van der Waals surface area contributed by atoms with Crippen molar-refractivity contribution in [3.05, 3.63) is 59.7 Å². The van der Waals surface area contributed by atoms with Crippen molar-refractivity contribution >= 4 is 40.1 Å². The molecule has 0 aromatic heterocycles. The molecular weight excluding hydrogens is 438 g/mol. The predicted molar refractivity (Wildman–Crippen MR) is 107 cm³/mol. The minimum Gasteiger partial charge on any atom is -0.323 e. The second-order valence-electron chi connectivity index (χ2n) is 6.72. The smallest absolute Gasteiger partial charge is 0.241 e. The molecule has 3 N–H and O–H groups in total. The van der Waals surface area contributed by atoms with Crippen molar-refractivity contribution < 1.29 is 27.2 Å². The number of thioether (sulfide) groups is 1. The number of rotatable bonds is 4. The Labute approximate surface area is 177 Å². The molecule has 7 nitrogen and oxygen atoms in total. The number of halogens is 4. The third kappa shape index (κ3) is 4.40. The van der Waals surface area contributed by atoms with E-state index in [-0.39, 0.29) is 28.8 Å². The summed E-state index contributed by atoms with van der Waals surface area (Å²) in [6.45, 7) is 0.287. The first kappa shape index (κ1) is 21.3. The molecule has 12 heteroatoms. The molecule has 0 bridgehead atoms. The van der Waals surface area contributed by atoms with Gasteiger partial charge in [0.25, 0.3) is 0 Å². The normalized spacial score (nSPS) is 20.5. The fraction of sp³-hybridized carbons (Fsp3) is 0.211. The first-order valence-corrected chi connectivity index (χ1v) is 10.0. The van der Waals surface area contributed by atoms with Crippen molar-refractivity contribution in [1.82, 2.24) is 10.9 Å². The summed E-state index contributed by atoms with van der Waals surface area (Å²) in [5.74, 6) is -5.80. The van der Waals surface area contributed by atoms with Crippen molar-refractivity contribution in [1.29, 1.82) is 0 Å². The summed E-state index contributed by atoms with van der Waals surface area (Å²) in [7, 11) is 0. The number of carbonyl (C=O) groups is 2. The SMILES string of the molecule is O=C(CSC1=NC2NNCC2C(=O)N1c1ccc(F)c(F)c1)Nc1ccc(F)cc1F. The summed E-state index contributed by atoms with van der Waals surface area (Å²) in [6.07, 6.45) is -0.589. The van der Waals surface area contributed by atoms with E-state index in [1.54, 1.807) is 0 Å². The lowest BCUT2D eigenvalue weighted by atomic mass is 10.0. The number of hydrazine groups is 1. The van der Waals surface area contributed by atoms with Gasteiger partial charge in [-0.05, 0) is 24.3 Å². The van der Waals surface area contributed by atoms with Gasteiger partial charge >= 0.3 is 0 Å². The van der Waals surface area contributed by atoms with Gasteiger partial charge in [0, 0.05) is 18.7 Å². The first-order valence-electron chi connectivity index (χ1n) is 9.06. The highest BCUT2D eigenvalue weighted by Crippen LogP contribution is 2.30. The van der Waals surface area contributed by atoms with E-state index >= 15 is 0 Å². The highest BCUT2D eigenvalue weighted by molar-refractivity contribution is 8.14. The van der Waals surface area contributed by atoms with Crippen LogP contribution in [0.5, 0.6) is 0 Å². The van der Waals surface area contributed by atoms with Crippen molar-refractivity contribution in [3.8, 4) is 0 Å². The van der Waals surface area contributed by atoms with Gasteiger partial charge in [-0.25, -0.2) is 28.0 Å². The minimum atomic E-state index is -1.14. The van der Waals surface area contributed by atoms with E-state index in [0.717, 1.165) is 40.9 Å². The molecule has 2 aromatic carbocycles. The van der Waals surface area contributed by atoms with Crippen LogP contribution in [0.15, 0.2) is 41.4 Å². The molecule has 2 amide bonds. The highest BCUT2D eigenvalue weighted by atomic mass is 32.2. The molecule has 2 aromatic rings. The van der Waals surface area contributed by atoms with E-state index in [9.17, 15) is 27.2 Å². The largest absolute Gasteiger partial charge is 0.323 e. The summed E-state index contributed by atoms with van der Waals surface area (Å²) in [5.41, 5.74) is 5.51. The molecule has 2 unspecified atom stereocenters. The quantitative estimate of drug-likeness (QED) is 0.619.